The van der Waals surface area contributed by atoms with Crippen molar-refractivity contribution in [1.82, 2.24) is 79.7 Å². The van der Waals surface area contributed by atoms with Crippen molar-refractivity contribution < 1.29 is 0 Å². The van der Waals surface area contributed by atoms with Gasteiger partial charge in [0.2, 0.25) is 5.69 Å². The van der Waals surface area contributed by atoms with E-state index in [4.69, 9.17) is 41.6 Å². The van der Waals surface area contributed by atoms with E-state index in [-0.39, 0.29) is 162 Å². The fraction of sp³-hybridized carbons (Fsp3) is 0.516. The highest BCUT2D eigenvalue weighted by Crippen LogP contribution is 2.30. The first-order chi connectivity index (χ1) is 59.6. The van der Waals surface area contributed by atoms with Crippen LogP contribution in [0.15, 0.2) is 227 Å². The second-order valence-corrected chi connectivity index (χ2v) is 44.1. The standard InChI is InChI=1S/3C10H12N2.2C10H15N.C9H12ClN.2C9H13N.C8H11ClN2.3C8H12N2.13CH4/c1-10(2,3)9-7-8(11-4)5-6-12-9;1-10(2,3)9-6-5-8(11-4)7-12-9;1-10(2,3)9-8(7-11)5-4-6-12-9;1-8-5-6-11-9(7-8)10(2,3)4;1-8-6-5-7-9(11-8)10(2,3)4;1-9(2,3)8-5-4-7(10)6-11-8;1-9(2,3)8-4-6-10-7-5-8;1-9(2,3)8-5-4-6-10-7-8;1-8(2,3)6-4-7(9)11-5-10-6;1-8(2,3)7-6-9-4-5-10-7;1-8(2,3)7-4-5-9-6-10-7;1-8(2,3)7-9-5-4-6-10-7;;;;;;;;;;;;;/h2*5-7H,1-3H3;4-6H,1-3H3;2*5-7H,1-4H3;4-6H,1-3H3;2*4-7H,1-3H3;4-5H,1-3H3;3*4-6H,1-3H3;13*1H4. The molecule has 0 radical (unpaired) electrons. The van der Waals surface area contributed by atoms with E-state index in [0.29, 0.717) is 27.1 Å². The quantitative estimate of drug-likeness (QED) is 0.101. The maximum Gasteiger partial charge on any atom is 0.205 e. The summed E-state index contributed by atoms with van der Waals surface area (Å²) >= 11 is 11.4. The van der Waals surface area contributed by atoms with Crippen molar-refractivity contribution in [3.05, 3.63) is 345 Å². The summed E-state index contributed by atoms with van der Waals surface area (Å²) in [5.41, 5.74) is 17.7. The molecule has 0 unspecified atom stereocenters. The van der Waals surface area contributed by atoms with Gasteiger partial charge in [-0.25, -0.2) is 39.6 Å². The summed E-state index contributed by atoms with van der Waals surface area (Å²) in [5.74, 6) is 0.898. The number of hydrogen-bond acceptors (Lipinski definition) is 17. The Hall–Kier alpha value is -11.4. The Kier molecular flexibility index (Phi) is 81.2. The van der Waals surface area contributed by atoms with Gasteiger partial charge < -0.3 is 0 Å². The Labute approximate surface area is 889 Å². The molecule has 0 N–H and O–H groups in total. The molecule has 12 aromatic heterocycles. The predicted octanol–water partition coefficient (Wildman–Crippen LogP) is 37.3. The second kappa shape index (κ2) is 72.8. The molecule has 0 aromatic carbocycles. The number of rotatable bonds is 0. The Morgan fingerprint density at radius 1 is 0.266 bits per heavy atom. The van der Waals surface area contributed by atoms with Crippen molar-refractivity contribution in [3.8, 4) is 6.07 Å². The lowest BCUT2D eigenvalue weighted by molar-refractivity contribution is 0.545. The summed E-state index contributed by atoms with van der Waals surface area (Å²) in [6.45, 7) is 94.4. The van der Waals surface area contributed by atoms with Crippen LogP contribution < -0.4 is 0 Å². The summed E-state index contributed by atoms with van der Waals surface area (Å²) in [6.07, 6.45) is 29.6. The minimum absolute atomic E-state index is 0. The number of aromatic nitrogens is 16. The number of nitriles is 1. The molecule has 12 heterocycles. The van der Waals surface area contributed by atoms with Gasteiger partial charge in [-0.2, -0.15) is 5.26 Å². The third kappa shape index (κ3) is 68.5. The topological polar surface area (TPSA) is 239 Å². The first-order valence-corrected chi connectivity index (χ1v) is 44.5. The lowest BCUT2D eigenvalue weighted by Gasteiger charge is -2.18. The van der Waals surface area contributed by atoms with Crippen LogP contribution in [0.1, 0.15) is 431 Å². The molecule has 0 aliphatic heterocycles. The van der Waals surface area contributed by atoms with Crippen molar-refractivity contribution in [1.29, 1.82) is 5.26 Å². The van der Waals surface area contributed by atoms with Crippen molar-refractivity contribution in [2.75, 3.05) is 0 Å². The fourth-order valence-corrected chi connectivity index (χ4v) is 10.4. The zero-order valence-electron chi connectivity index (χ0n) is 85.6. The molecule has 0 spiro atoms. The van der Waals surface area contributed by atoms with Gasteiger partial charge in [0.15, 0.2) is 5.69 Å². The second-order valence-electron chi connectivity index (χ2n) is 43.2. The molecule has 12 aromatic rings. The maximum atomic E-state index is 8.79. The molecule has 0 fully saturated rings. The summed E-state index contributed by atoms with van der Waals surface area (Å²) in [4.78, 5) is 72.6. The van der Waals surface area contributed by atoms with E-state index in [0.717, 1.165) is 62.8 Å². The lowest BCUT2D eigenvalue weighted by atomic mass is 9.88. The molecule has 0 atom stereocenters. The molecule has 0 bridgehead atoms. The molecule has 21 heteroatoms. The first kappa shape index (κ1) is 160. The summed E-state index contributed by atoms with van der Waals surface area (Å²) in [7, 11) is 0. The van der Waals surface area contributed by atoms with Crippen LogP contribution in [0, 0.1) is 38.3 Å². The maximum absolute atomic E-state index is 8.79. The molecule has 0 saturated carbocycles. The van der Waals surface area contributed by atoms with Gasteiger partial charge in [-0.15, -0.1) is 0 Å². The SMILES string of the molecule is C.C.C.C.C.C.C.C.C.C.C.C.C.CC(C)(C)c1cc(Cl)ncn1.CC(C)(C)c1ccc(Cl)cn1.CC(C)(C)c1cccnc1.CC(C)(C)c1ccncc1.CC(C)(C)c1ccncn1.CC(C)(C)c1cnccn1.CC(C)(C)c1ncccc1C#N.CC(C)(C)c1ncccn1.Cc1cccc(C(C)(C)C)n1.Cc1ccnc(C(C)(C)C)c1.[C-]#[N+]c1ccc(C(C)(C)C)nc1.[C-]#[N+]c1ccnc(C(C)(C)C)c1. The van der Waals surface area contributed by atoms with Gasteiger partial charge in [-0.1, -0.05) is 393 Å². The summed E-state index contributed by atoms with van der Waals surface area (Å²) < 4.78 is 0. The summed E-state index contributed by atoms with van der Waals surface area (Å²) in [5, 5.41) is 9.99. The van der Waals surface area contributed by atoms with E-state index < -0.39 is 0 Å². The molecule has 0 saturated heterocycles. The normalized spacial score (nSPS) is 10.3. The Morgan fingerprint density at radius 3 is 0.993 bits per heavy atom. The lowest BCUT2D eigenvalue weighted by Crippen LogP contribution is -2.15. The monoisotopic (exact) mass is 2000 g/mol. The number of pyridine rings is 8. The molecule has 0 aliphatic rings. The Morgan fingerprint density at radius 2 is 0.685 bits per heavy atom. The van der Waals surface area contributed by atoms with Gasteiger partial charge in [0.1, 0.15) is 29.7 Å². The average molecular weight is 2010 g/mol. The van der Waals surface area contributed by atoms with Crippen LogP contribution in [-0.4, -0.2) is 79.7 Å². The van der Waals surface area contributed by atoms with E-state index in [1.807, 2.05) is 86.3 Å². The van der Waals surface area contributed by atoms with Crippen molar-refractivity contribution in [3.63, 3.8) is 0 Å². The third-order valence-corrected chi connectivity index (χ3v) is 18.6. The smallest absolute Gasteiger partial charge is 0.205 e. The molecule has 12 rings (SSSR count). The van der Waals surface area contributed by atoms with Gasteiger partial charge in [0.05, 0.1) is 40.8 Å². The molecule has 0 amide bonds. The summed E-state index contributed by atoms with van der Waals surface area (Å²) in [6, 6.07) is 40.9. The van der Waals surface area contributed by atoms with E-state index in [1.54, 1.807) is 105 Å². The largest absolute Gasteiger partial charge is 0.272 e. The zero-order valence-corrected chi connectivity index (χ0v) is 87.1. The van der Waals surface area contributed by atoms with Gasteiger partial charge in [-0.3, -0.25) is 49.8 Å². The third-order valence-electron chi connectivity index (χ3n) is 18.2. The van der Waals surface area contributed by atoms with E-state index in [2.05, 4.69) is 388 Å². The van der Waals surface area contributed by atoms with Crippen LogP contribution in [-0.2, 0) is 65.0 Å². The van der Waals surface area contributed by atoms with Crippen LogP contribution in [0.25, 0.3) is 9.69 Å². The van der Waals surface area contributed by atoms with Crippen molar-refractivity contribution in [2.24, 2.45) is 0 Å². The van der Waals surface area contributed by atoms with Gasteiger partial charge in [0.25, 0.3) is 0 Å². The van der Waals surface area contributed by atoms with Gasteiger partial charge in [-0.05, 0) is 138 Å². The number of aryl methyl sites for hydroxylation is 2. The molecule has 143 heavy (non-hydrogen) atoms. The van der Waals surface area contributed by atoms with Crippen molar-refractivity contribution >= 4 is 34.6 Å². The number of nitrogens with zero attached hydrogens (tertiary/aromatic N) is 19. The van der Waals surface area contributed by atoms with Crippen LogP contribution in [0.2, 0.25) is 10.2 Å². The van der Waals surface area contributed by atoms with Crippen LogP contribution >= 0.6 is 23.2 Å². The highest BCUT2D eigenvalue weighted by molar-refractivity contribution is 6.30. The van der Waals surface area contributed by atoms with Crippen LogP contribution in [0.4, 0.5) is 11.4 Å². The molecular formula is C122H203Cl2N19. The van der Waals surface area contributed by atoms with E-state index >= 15 is 0 Å². The van der Waals surface area contributed by atoms with Gasteiger partial charge in [0, 0.05) is 187 Å². The van der Waals surface area contributed by atoms with Gasteiger partial charge >= 0.3 is 0 Å². The highest BCUT2D eigenvalue weighted by atomic mass is 35.5. The zero-order chi connectivity index (χ0) is 99.6. The van der Waals surface area contributed by atoms with Crippen LogP contribution in [0.3, 0.4) is 0 Å². The fourth-order valence-electron chi connectivity index (χ4n) is 10.1. The Balaban J connectivity index is -0.000000116. The van der Waals surface area contributed by atoms with Crippen molar-refractivity contribution in [2.45, 2.75) is 425 Å². The molecular weight excluding hydrogens is 1800 g/mol. The first-order valence-electron chi connectivity index (χ1n) is 43.8. The van der Waals surface area contributed by atoms with Crippen LogP contribution in [0.5, 0.6) is 0 Å². The van der Waals surface area contributed by atoms with E-state index in [1.165, 1.54) is 23.0 Å². The number of halogens is 2. The molecule has 800 valence electrons. The number of hydrogen-bond donors (Lipinski definition) is 0. The molecule has 19 nitrogen and oxygen atoms in total. The minimum atomic E-state index is -0.0493. The average Bonchev–Trinajstić information content (AvgIpc) is 0.848. The Bertz CT molecular complexity index is 4880. The minimum Gasteiger partial charge on any atom is -0.272 e. The van der Waals surface area contributed by atoms with E-state index in [9.17, 15) is 0 Å². The predicted molar refractivity (Wildman–Crippen MR) is 631 cm³/mol. The highest BCUT2D eigenvalue weighted by Gasteiger charge is 2.23. The molecule has 0 aliphatic carbocycles.